The molecule has 0 bridgehead atoms. The number of carbonyl (C=O) groups excluding carboxylic acids is 1. The maximum atomic E-state index is 12.2. The van der Waals surface area contributed by atoms with Gasteiger partial charge in [0.2, 0.25) is 0 Å². The van der Waals surface area contributed by atoms with Crippen LogP contribution in [0.25, 0.3) is 11.1 Å². The van der Waals surface area contributed by atoms with Crippen LogP contribution in [0.1, 0.15) is 18.3 Å². The number of benzene rings is 1. The van der Waals surface area contributed by atoms with Crippen molar-refractivity contribution in [2.75, 3.05) is 6.54 Å². The van der Waals surface area contributed by atoms with Crippen molar-refractivity contribution in [3.05, 3.63) is 58.5 Å². The molecular weight excluding hydrogens is 346 g/mol. The number of nitrogens with one attached hydrogen (secondary N) is 1. The molecule has 26 heavy (non-hydrogen) atoms. The molecule has 0 spiro atoms. The molecule has 3 aromatic rings. The molecule has 1 amide bonds. The molecular formula is C20H23N3O2S. The Bertz CT molecular complexity index is 857. The zero-order valence-electron chi connectivity index (χ0n) is 15.2. The smallest absolute Gasteiger partial charge is 0.260 e. The lowest BCUT2D eigenvalue weighted by molar-refractivity contribution is -0.127. The predicted octanol–water partition coefficient (Wildman–Crippen LogP) is 3.81. The molecule has 0 aliphatic rings. The van der Waals surface area contributed by atoms with Gasteiger partial charge in [-0.25, -0.2) is 0 Å². The van der Waals surface area contributed by atoms with Crippen molar-refractivity contribution in [1.29, 1.82) is 0 Å². The van der Waals surface area contributed by atoms with Gasteiger partial charge in [-0.05, 0) is 55.3 Å². The summed E-state index contributed by atoms with van der Waals surface area (Å²) in [6, 6.07) is 11.5. The van der Waals surface area contributed by atoms with E-state index in [9.17, 15) is 4.79 Å². The van der Waals surface area contributed by atoms with E-state index in [0.717, 1.165) is 11.4 Å². The molecule has 0 saturated heterocycles. The number of aryl methyl sites for hydroxylation is 1. The normalized spacial score (nSPS) is 12.0. The van der Waals surface area contributed by atoms with Crippen molar-refractivity contribution in [3.63, 3.8) is 0 Å². The summed E-state index contributed by atoms with van der Waals surface area (Å²) >= 11 is 1.68. The van der Waals surface area contributed by atoms with Crippen LogP contribution in [0.3, 0.4) is 0 Å². The van der Waals surface area contributed by atoms with E-state index in [2.05, 4.69) is 34.2 Å². The van der Waals surface area contributed by atoms with E-state index in [-0.39, 0.29) is 5.91 Å². The number of hydrogen-bond donors (Lipinski definition) is 1. The number of amides is 1. The molecule has 0 aliphatic heterocycles. The highest BCUT2D eigenvalue weighted by atomic mass is 32.1. The molecule has 0 fully saturated rings. The van der Waals surface area contributed by atoms with Crippen LogP contribution < -0.4 is 10.1 Å². The first-order valence-corrected chi connectivity index (χ1v) is 9.56. The average Bonchev–Trinajstić information content (AvgIpc) is 3.24. The predicted molar refractivity (Wildman–Crippen MR) is 105 cm³/mol. The van der Waals surface area contributed by atoms with Crippen molar-refractivity contribution >= 4 is 17.2 Å². The summed E-state index contributed by atoms with van der Waals surface area (Å²) in [7, 11) is 0. The van der Waals surface area contributed by atoms with Gasteiger partial charge < -0.3 is 10.1 Å². The number of ether oxygens (including phenoxy) is 1. The number of para-hydroxylation sites is 1. The van der Waals surface area contributed by atoms with Gasteiger partial charge in [-0.1, -0.05) is 18.2 Å². The summed E-state index contributed by atoms with van der Waals surface area (Å²) in [5.41, 5.74) is 4.50. The van der Waals surface area contributed by atoms with Crippen LogP contribution >= 0.6 is 11.3 Å². The van der Waals surface area contributed by atoms with Crippen molar-refractivity contribution in [1.82, 2.24) is 15.1 Å². The third kappa shape index (κ3) is 4.14. The minimum atomic E-state index is -0.542. The van der Waals surface area contributed by atoms with Gasteiger partial charge in [0.05, 0.1) is 12.2 Å². The summed E-state index contributed by atoms with van der Waals surface area (Å²) in [5.74, 6) is 0.558. The highest BCUT2D eigenvalue weighted by Crippen LogP contribution is 2.28. The van der Waals surface area contributed by atoms with Gasteiger partial charge in [-0.3, -0.25) is 9.48 Å². The molecule has 2 aromatic heterocycles. The summed E-state index contributed by atoms with van der Waals surface area (Å²) < 4.78 is 7.59. The van der Waals surface area contributed by atoms with E-state index < -0.39 is 6.10 Å². The number of nitrogens with zero attached hydrogens (tertiary/aromatic N) is 2. The number of rotatable bonds is 7. The maximum Gasteiger partial charge on any atom is 0.260 e. The number of thiophene rings is 1. The third-order valence-electron chi connectivity index (χ3n) is 4.24. The molecule has 0 unspecified atom stereocenters. The highest BCUT2D eigenvalue weighted by Gasteiger charge is 2.16. The Labute approximate surface area is 157 Å². The Hall–Kier alpha value is -2.60. The van der Waals surface area contributed by atoms with Crippen LogP contribution in [0.5, 0.6) is 5.75 Å². The Balaban J connectivity index is 1.55. The van der Waals surface area contributed by atoms with Crippen molar-refractivity contribution < 1.29 is 9.53 Å². The standard InChI is InChI=1S/C20H23N3O2S/c1-14-19(17-9-12-26-13-17)15(2)23(22-14)11-10-21-20(24)16(3)25-18-7-5-4-6-8-18/h4-9,12-13,16H,10-11H2,1-3H3,(H,21,24)/t16-/m1/s1. The van der Waals surface area contributed by atoms with Gasteiger partial charge in [0.1, 0.15) is 5.75 Å². The largest absolute Gasteiger partial charge is 0.481 e. The first-order chi connectivity index (χ1) is 12.6. The van der Waals surface area contributed by atoms with E-state index >= 15 is 0 Å². The molecule has 0 aliphatic carbocycles. The van der Waals surface area contributed by atoms with Crippen LogP contribution in [0, 0.1) is 13.8 Å². The maximum absolute atomic E-state index is 12.2. The van der Waals surface area contributed by atoms with E-state index in [0.29, 0.717) is 18.8 Å². The number of aromatic nitrogens is 2. The summed E-state index contributed by atoms with van der Waals surface area (Å²) in [6.45, 7) is 6.97. The lowest BCUT2D eigenvalue weighted by Crippen LogP contribution is -2.38. The molecule has 0 saturated carbocycles. The second kappa shape index (κ2) is 8.19. The van der Waals surface area contributed by atoms with Gasteiger partial charge in [-0.15, -0.1) is 0 Å². The molecule has 1 atom stereocenters. The quantitative estimate of drug-likeness (QED) is 0.689. The van der Waals surface area contributed by atoms with Crippen LogP contribution in [-0.4, -0.2) is 28.3 Å². The molecule has 3 rings (SSSR count). The third-order valence-corrected chi connectivity index (χ3v) is 4.92. The Morgan fingerprint density at radius 3 is 2.73 bits per heavy atom. The van der Waals surface area contributed by atoms with Gasteiger partial charge in [0.15, 0.2) is 6.10 Å². The fraction of sp³-hybridized carbons (Fsp3) is 0.300. The fourth-order valence-electron chi connectivity index (χ4n) is 2.92. The monoisotopic (exact) mass is 369 g/mol. The SMILES string of the molecule is Cc1nn(CCNC(=O)[C@@H](C)Oc2ccccc2)c(C)c1-c1ccsc1. The van der Waals surface area contributed by atoms with Crippen molar-refractivity contribution in [3.8, 4) is 16.9 Å². The van der Waals surface area contributed by atoms with E-state index in [1.54, 1.807) is 18.3 Å². The Morgan fingerprint density at radius 1 is 1.27 bits per heavy atom. The minimum Gasteiger partial charge on any atom is -0.481 e. The van der Waals surface area contributed by atoms with Crippen molar-refractivity contribution in [2.45, 2.75) is 33.4 Å². The van der Waals surface area contributed by atoms with Gasteiger partial charge in [0, 0.05) is 17.8 Å². The van der Waals surface area contributed by atoms with E-state index in [1.165, 1.54) is 11.1 Å². The highest BCUT2D eigenvalue weighted by molar-refractivity contribution is 7.08. The van der Waals surface area contributed by atoms with E-state index in [1.807, 2.05) is 41.9 Å². The van der Waals surface area contributed by atoms with E-state index in [4.69, 9.17) is 4.74 Å². The summed E-state index contributed by atoms with van der Waals surface area (Å²) in [4.78, 5) is 12.2. The van der Waals surface area contributed by atoms with Crippen LogP contribution in [-0.2, 0) is 11.3 Å². The minimum absolute atomic E-state index is 0.131. The molecule has 136 valence electrons. The van der Waals surface area contributed by atoms with Gasteiger partial charge >= 0.3 is 0 Å². The Kier molecular flexibility index (Phi) is 5.73. The number of hydrogen-bond acceptors (Lipinski definition) is 4. The van der Waals surface area contributed by atoms with Crippen LogP contribution in [0.15, 0.2) is 47.2 Å². The molecule has 0 radical (unpaired) electrons. The first kappa shape index (κ1) is 18.2. The first-order valence-electron chi connectivity index (χ1n) is 8.62. The van der Waals surface area contributed by atoms with Gasteiger partial charge in [-0.2, -0.15) is 16.4 Å². The molecule has 1 aromatic carbocycles. The second-order valence-corrected chi connectivity index (χ2v) is 6.93. The average molecular weight is 369 g/mol. The Morgan fingerprint density at radius 2 is 2.04 bits per heavy atom. The second-order valence-electron chi connectivity index (χ2n) is 6.15. The van der Waals surface area contributed by atoms with Gasteiger partial charge in [0.25, 0.3) is 5.91 Å². The summed E-state index contributed by atoms with van der Waals surface area (Å²) in [5, 5.41) is 11.7. The topological polar surface area (TPSA) is 56.2 Å². The zero-order chi connectivity index (χ0) is 18.5. The number of carbonyl (C=O) groups is 1. The molecule has 2 heterocycles. The molecule has 5 nitrogen and oxygen atoms in total. The van der Waals surface area contributed by atoms with Crippen LogP contribution in [0.4, 0.5) is 0 Å². The fourth-order valence-corrected chi connectivity index (χ4v) is 3.57. The van der Waals surface area contributed by atoms with Crippen molar-refractivity contribution in [2.24, 2.45) is 0 Å². The van der Waals surface area contributed by atoms with Crippen LogP contribution in [0.2, 0.25) is 0 Å². The lowest BCUT2D eigenvalue weighted by atomic mass is 10.1. The molecule has 6 heteroatoms. The molecule has 1 N–H and O–H groups in total. The lowest BCUT2D eigenvalue weighted by Gasteiger charge is -2.15. The zero-order valence-corrected chi connectivity index (χ0v) is 16.0. The summed E-state index contributed by atoms with van der Waals surface area (Å²) in [6.07, 6.45) is -0.542.